The van der Waals surface area contributed by atoms with E-state index in [9.17, 15) is 4.79 Å². The summed E-state index contributed by atoms with van der Waals surface area (Å²) in [7, 11) is 0. The van der Waals surface area contributed by atoms with Crippen LogP contribution in [0.4, 0.5) is 0 Å². The third-order valence-electron chi connectivity index (χ3n) is 2.20. The summed E-state index contributed by atoms with van der Waals surface area (Å²) in [4.78, 5) is 14.5. The van der Waals surface area contributed by atoms with Crippen LogP contribution in [0.3, 0.4) is 0 Å². The lowest BCUT2D eigenvalue weighted by atomic mass is 10.1. The van der Waals surface area contributed by atoms with E-state index < -0.39 is 11.4 Å². The Morgan fingerprint density at radius 3 is 2.62 bits per heavy atom. The van der Waals surface area contributed by atoms with Gasteiger partial charge in [0.25, 0.3) is 5.88 Å². The molecule has 0 aliphatic heterocycles. The first kappa shape index (κ1) is 10.4. The lowest BCUT2D eigenvalue weighted by Crippen LogP contribution is -2.12. The fourth-order valence-electron chi connectivity index (χ4n) is 1.38. The van der Waals surface area contributed by atoms with Crippen molar-refractivity contribution in [3.05, 3.63) is 52.1 Å². The summed E-state index contributed by atoms with van der Waals surface area (Å²) in [6.45, 7) is 0. The Morgan fingerprint density at radius 2 is 1.94 bits per heavy atom. The molecule has 0 atom stereocenters. The molecule has 0 spiro atoms. The summed E-state index contributed by atoms with van der Waals surface area (Å²) in [6, 6.07) is 9.88. The molecule has 5 heteroatoms. The van der Waals surface area contributed by atoms with Crippen LogP contribution in [0.1, 0.15) is 11.4 Å². The molecule has 0 fully saturated rings. The van der Waals surface area contributed by atoms with Gasteiger partial charge in [0.2, 0.25) is 0 Å². The first-order valence-corrected chi connectivity index (χ1v) is 4.94. The SMILES string of the molecule is O=c1[nH]nc(CCc2ccccc2)nc1O. The highest BCUT2D eigenvalue weighted by Gasteiger charge is 2.03. The number of aromatic amines is 1. The quantitative estimate of drug-likeness (QED) is 0.791. The van der Waals surface area contributed by atoms with Gasteiger partial charge in [0.15, 0.2) is 5.82 Å². The Hall–Kier alpha value is -2.17. The van der Waals surface area contributed by atoms with E-state index in [1.54, 1.807) is 0 Å². The number of nitrogens with zero attached hydrogens (tertiary/aromatic N) is 2. The molecule has 5 nitrogen and oxygen atoms in total. The largest absolute Gasteiger partial charge is 0.489 e. The topological polar surface area (TPSA) is 78.9 Å². The van der Waals surface area contributed by atoms with Crippen LogP contribution in [0.25, 0.3) is 0 Å². The van der Waals surface area contributed by atoms with Crippen molar-refractivity contribution in [1.29, 1.82) is 0 Å². The summed E-state index contributed by atoms with van der Waals surface area (Å²) in [5.74, 6) is -0.0981. The molecule has 16 heavy (non-hydrogen) atoms. The first-order chi connectivity index (χ1) is 7.75. The van der Waals surface area contributed by atoms with Crippen molar-refractivity contribution in [3.8, 4) is 5.88 Å². The lowest BCUT2D eigenvalue weighted by Gasteiger charge is -2.00. The Morgan fingerprint density at radius 1 is 1.19 bits per heavy atom. The Bertz CT molecular complexity index is 522. The van der Waals surface area contributed by atoms with E-state index in [4.69, 9.17) is 5.11 Å². The number of hydrogen-bond acceptors (Lipinski definition) is 4. The highest BCUT2D eigenvalue weighted by atomic mass is 16.3. The molecule has 2 N–H and O–H groups in total. The van der Waals surface area contributed by atoms with Crippen LogP contribution in [0.5, 0.6) is 5.88 Å². The fourth-order valence-corrected chi connectivity index (χ4v) is 1.38. The zero-order chi connectivity index (χ0) is 11.4. The number of aromatic hydroxyl groups is 1. The van der Waals surface area contributed by atoms with Crippen molar-refractivity contribution in [3.63, 3.8) is 0 Å². The number of aromatic nitrogens is 3. The van der Waals surface area contributed by atoms with Gasteiger partial charge in [0.1, 0.15) is 0 Å². The van der Waals surface area contributed by atoms with E-state index in [0.717, 1.165) is 12.0 Å². The molecule has 0 aliphatic carbocycles. The van der Waals surface area contributed by atoms with E-state index >= 15 is 0 Å². The number of aryl methyl sites for hydroxylation is 2. The minimum Gasteiger partial charge on any atom is -0.489 e. The fraction of sp³-hybridized carbons (Fsp3) is 0.182. The maximum atomic E-state index is 10.8. The number of nitrogens with one attached hydrogen (secondary N) is 1. The molecule has 1 heterocycles. The van der Waals surface area contributed by atoms with Gasteiger partial charge in [-0.25, -0.2) is 5.10 Å². The highest BCUT2D eigenvalue weighted by Crippen LogP contribution is 2.03. The standard InChI is InChI=1S/C11H11N3O2/c15-10-11(16)14-13-9(12-10)7-6-8-4-2-1-3-5-8/h1-5H,6-7H2,(H,14,16)(H,12,13,15). The van der Waals surface area contributed by atoms with E-state index in [1.165, 1.54) is 0 Å². The van der Waals surface area contributed by atoms with E-state index in [-0.39, 0.29) is 0 Å². The van der Waals surface area contributed by atoms with E-state index in [2.05, 4.69) is 15.2 Å². The molecule has 1 aromatic heterocycles. The molecule has 0 unspecified atom stereocenters. The van der Waals surface area contributed by atoms with Gasteiger partial charge in [0, 0.05) is 6.42 Å². The number of benzene rings is 1. The highest BCUT2D eigenvalue weighted by molar-refractivity contribution is 5.15. The molecule has 0 amide bonds. The molecule has 82 valence electrons. The molecular weight excluding hydrogens is 206 g/mol. The average molecular weight is 217 g/mol. The van der Waals surface area contributed by atoms with Crippen molar-refractivity contribution in [1.82, 2.24) is 15.2 Å². The van der Waals surface area contributed by atoms with Crippen LogP contribution < -0.4 is 5.56 Å². The molecule has 1 aromatic carbocycles. The van der Waals surface area contributed by atoms with Gasteiger partial charge in [-0.3, -0.25) is 4.79 Å². The van der Waals surface area contributed by atoms with Crippen molar-refractivity contribution in [2.75, 3.05) is 0 Å². The second kappa shape index (κ2) is 4.57. The molecule has 0 radical (unpaired) electrons. The van der Waals surface area contributed by atoms with Crippen LogP contribution in [0.2, 0.25) is 0 Å². The van der Waals surface area contributed by atoms with Crippen molar-refractivity contribution in [2.45, 2.75) is 12.8 Å². The second-order valence-electron chi connectivity index (χ2n) is 3.39. The predicted octanol–water partition coefficient (Wildman–Crippen LogP) is 0.656. The molecule has 0 saturated carbocycles. The lowest BCUT2D eigenvalue weighted by molar-refractivity contribution is 0.435. The smallest absolute Gasteiger partial charge is 0.326 e. The van der Waals surface area contributed by atoms with Crippen LogP contribution in [-0.2, 0) is 12.8 Å². The van der Waals surface area contributed by atoms with E-state index in [0.29, 0.717) is 12.2 Å². The molecule has 0 aliphatic rings. The minimum absolute atomic E-state index is 0.431. The molecule has 0 saturated heterocycles. The van der Waals surface area contributed by atoms with Crippen LogP contribution >= 0.6 is 0 Å². The van der Waals surface area contributed by atoms with Gasteiger partial charge in [0.05, 0.1) is 0 Å². The first-order valence-electron chi connectivity index (χ1n) is 4.94. The molecule has 2 rings (SSSR count). The van der Waals surface area contributed by atoms with Crippen LogP contribution in [-0.4, -0.2) is 20.3 Å². The summed E-state index contributed by atoms with van der Waals surface area (Å²) in [5, 5.41) is 15.0. The van der Waals surface area contributed by atoms with Crippen molar-refractivity contribution >= 4 is 0 Å². The molecule has 0 bridgehead atoms. The van der Waals surface area contributed by atoms with Gasteiger partial charge in [-0.15, -0.1) is 0 Å². The van der Waals surface area contributed by atoms with Gasteiger partial charge in [-0.2, -0.15) is 10.1 Å². The summed E-state index contributed by atoms with van der Waals surface area (Å²) in [5.41, 5.74) is 0.500. The van der Waals surface area contributed by atoms with Gasteiger partial charge in [-0.1, -0.05) is 30.3 Å². The Labute approximate surface area is 91.8 Å². The average Bonchev–Trinajstić information content (AvgIpc) is 2.32. The summed E-state index contributed by atoms with van der Waals surface area (Å²) < 4.78 is 0. The van der Waals surface area contributed by atoms with Gasteiger partial charge in [-0.05, 0) is 12.0 Å². The Balaban J connectivity index is 2.05. The van der Waals surface area contributed by atoms with Crippen molar-refractivity contribution < 1.29 is 5.11 Å². The van der Waals surface area contributed by atoms with E-state index in [1.807, 2.05) is 30.3 Å². The number of H-pyrrole nitrogens is 1. The van der Waals surface area contributed by atoms with Crippen molar-refractivity contribution in [2.24, 2.45) is 0 Å². The summed E-state index contributed by atoms with van der Waals surface area (Å²) >= 11 is 0. The monoisotopic (exact) mass is 217 g/mol. The normalized spacial score (nSPS) is 10.2. The molecular formula is C11H11N3O2. The number of rotatable bonds is 3. The van der Waals surface area contributed by atoms with Gasteiger partial charge < -0.3 is 5.11 Å². The third kappa shape index (κ3) is 2.44. The summed E-state index contributed by atoms with van der Waals surface area (Å²) in [6.07, 6.45) is 1.35. The molecule has 2 aromatic rings. The second-order valence-corrected chi connectivity index (χ2v) is 3.39. The van der Waals surface area contributed by atoms with Crippen LogP contribution in [0.15, 0.2) is 35.1 Å². The maximum absolute atomic E-state index is 10.8. The zero-order valence-electron chi connectivity index (χ0n) is 8.55. The third-order valence-corrected chi connectivity index (χ3v) is 2.20. The predicted molar refractivity (Wildman–Crippen MR) is 58.2 cm³/mol. The van der Waals surface area contributed by atoms with Crippen LogP contribution in [0, 0.1) is 0 Å². The Kier molecular flexibility index (Phi) is 2.95. The zero-order valence-corrected chi connectivity index (χ0v) is 8.55. The number of hydrogen-bond donors (Lipinski definition) is 2. The minimum atomic E-state index is -0.663. The van der Waals surface area contributed by atoms with Gasteiger partial charge >= 0.3 is 5.56 Å². The maximum Gasteiger partial charge on any atom is 0.326 e.